The highest BCUT2D eigenvalue weighted by Crippen LogP contribution is 2.42. The number of thiophene rings is 1. The summed E-state index contributed by atoms with van der Waals surface area (Å²) in [5, 5.41) is 2.52. The topological polar surface area (TPSA) is 38.7 Å². The van der Waals surface area contributed by atoms with Gasteiger partial charge in [-0.1, -0.05) is 146 Å². The Labute approximate surface area is 288 Å². The van der Waals surface area contributed by atoms with Gasteiger partial charge in [0.05, 0.1) is 0 Å². The Bertz CT molecular complexity index is 2490. The second-order valence-electron chi connectivity index (χ2n) is 12.1. The standard InChI is InChI=1S/C45H29N3S/c1-4-14-30(15-5-1)33-20-12-22-35(26-33)43-46-44(36-23-13-21-34(27-36)31-16-6-2-7-17-31)48-45(47-43)37-28-39(32-18-8-3-9-19-32)42-38-24-10-11-25-40(38)49-41(42)29-37/h1-29H. The summed E-state index contributed by atoms with van der Waals surface area (Å²) in [4.78, 5) is 15.5. The summed E-state index contributed by atoms with van der Waals surface area (Å²) in [5.41, 5.74) is 9.71. The van der Waals surface area contributed by atoms with Crippen molar-refractivity contribution in [3.05, 3.63) is 176 Å². The molecule has 7 aromatic carbocycles. The van der Waals surface area contributed by atoms with E-state index >= 15 is 0 Å². The van der Waals surface area contributed by atoms with E-state index in [1.54, 1.807) is 0 Å². The normalized spacial score (nSPS) is 11.3. The van der Waals surface area contributed by atoms with Gasteiger partial charge in [0.25, 0.3) is 0 Å². The summed E-state index contributed by atoms with van der Waals surface area (Å²) in [6.45, 7) is 0. The van der Waals surface area contributed by atoms with E-state index in [9.17, 15) is 0 Å². The van der Waals surface area contributed by atoms with Crippen molar-refractivity contribution < 1.29 is 0 Å². The SMILES string of the molecule is c1ccc(-c2cccc(-c3nc(-c4cccc(-c5ccccc5)c4)nc(-c4cc(-c5ccccc5)c5c(c4)sc4ccccc45)n3)c2)cc1. The molecule has 9 aromatic rings. The van der Waals surface area contributed by atoms with Crippen LogP contribution in [0, 0.1) is 0 Å². The van der Waals surface area contributed by atoms with Gasteiger partial charge >= 0.3 is 0 Å². The number of fused-ring (bicyclic) bond motifs is 3. The third-order valence-electron chi connectivity index (χ3n) is 8.91. The minimum atomic E-state index is 0.639. The van der Waals surface area contributed by atoms with Gasteiger partial charge in [-0.2, -0.15) is 0 Å². The predicted octanol–water partition coefficient (Wildman–Crippen LogP) is 12.2. The maximum absolute atomic E-state index is 5.19. The second kappa shape index (κ2) is 12.4. The molecule has 0 saturated heterocycles. The lowest BCUT2D eigenvalue weighted by atomic mass is 9.97. The van der Waals surface area contributed by atoms with Crippen LogP contribution in [0.5, 0.6) is 0 Å². The van der Waals surface area contributed by atoms with Crippen molar-refractivity contribution in [1.82, 2.24) is 15.0 Å². The lowest BCUT2D eigenvalue weighted by molar-refractivity contribution is 1.07. The van der Waals surface area contributed by atoms with Gasteiger partial charge in [-0.3, -0.25) is 0 Å². The Kier molecular flexibility index (Phi) is 7.34. The molecule has 4 heteroatoms. The molecule has 0 amide bonds. The van der Waals surface area contributed by atoms with Crippen LogP contribution in [0.2, 0.25) is 0 Å². The number of nitrogens with zero attached hydrogens (tertiary/aromatic N) is 3. The molecule has 3 nitrogen and oxygen atoms in total. The third kappa shape index (κ3) is 5.58. The number of benzene rings is 7. The molecule has 9 rings (SSSR count). The quantitative estimate of drug-likeness (QED) is 0.181. The van der Waals surface area contributed by atoms with Crippen LogP contribution in [0.3, 0.4) is 0 Å². The highest BCUT2D eigenvalue weighted by Gasteiger charge is 2.18. The Balaban J connectivity index is 1.27. The lowest BCUT2D eigenvalue weighted by Crippen LogP contribution is -2.00. The number of rotatable bonds is 6. The first-order chi connectivity index (χ1) is 24.3. The molecule has 0 unspecified atom stereocenters. The summed E-state index contributed by atoms with van der Waals surface area (Å²) in [7, 11) is 0. The summed E-state index contributed by atoms with van der Waals surface area (Å²) < 4.78 is 2.47. The molecule has 0 atom stereocenters. The fraction of sp³-hybridized carbons (Fsp3) is 0. The molecule has 49 heavy (non-hydrogen) atoms. The zero-order valence-electron chi connectivity index (χ0n) is 26.5. The molecule has 0 spiro atoms. The van der Waals surface area contributed by atoms with Gasteiger partial charge in [-0.15, -0.1) is 11.3 Å². The van der Waals surface area contributed by atoms with Gasteiger partial charge in [0, 0.05) is 36.9 Å². The number of hydrogen-bond donors (Lipinski definition) is 0. The molecular formula is C45H29N3S. The number of hydrogen-bond acceptors (Lipinski definition) is 4. The summed E-state index contributed by atoms with van der Waals surface area (Å²) in [6.07, 6.45) is 0. The van der Waals surface area contributed by atoms with E-state index in [0.717, 1.165) is 38.9 Å². The Hall–Kier alpha value is -6.23. The fourth-order valence-corrected chi connectivity index (χ4v) is 7.70. The summed E-state index contributed by atoms with van der Waals surface area (Å²) in [6, 6.07) is 61.5. The van der Waals surface area contributed by atoms with Gasteiger partial charge in [0.2, 0.25) is 0 Å². The zero-order valence-corrected chi connectivity index (χ0v) is 27.3. The first-order valence-electron chi connectivity index (χ1n) is 16.4. The van der Waals surface area contributed by atoms with Gasteiger partial charge < -0.3 is 0 Å². The maximum Gasteiger partial charge on any atom is 0.164 e. The van der Waals surface area contributed by atoms with Crippen molar-refractivity contribution in [2.75, 3.05) is 0 Å². The highest BCUT2D eigenvalue weighted by atomic mass is 32.1. The van der Waals surface area contributed by atoms with Crippen LogP contribution in [0.25, 0.3) is 87.7 Å². The van der Waals surface area contributed by atoms with Gasteiger partial charge in [0.15, 0.2) is 17.5 Å². The second-order valence-corrected chi connectivity index (χ2v) is 13.1. The predicted molar refractivity (Wildman–Crippen MR) is 205 cm³/mol. The minimum Gasteiger partial charge on any atom is -0.208 e. The van der Waals surface area contributed by atoms with Crippen molar-refractivity contribution in [2.24, 2.45) is 0 Å². The molecule has 0 aliphatic heterocycles. The van der Waals surface area contributed by atoms with E-state index in [1.807, 2.05) is 23.5 Å². The molecule has 2 aromatic heterocycles. The number of aromatic nitrogens is 3. The van der Waals surface area contributed by atoms with Crippen molar-refractivity contribution in [1.29, 1.82) is 0 Å². The van der Waals surface area contributed by atoms with Crippen LogP contribution < -0.4 is 0 Å². The van der Waals surface area contributed by atoms with Crippen LogP contribution in [0.15, 0.2) is 176 Å². The molecule has 2 heterocycles. The maximum atomic E-state index is 5.19. The van der Waals surface area contributed by atoms with Crippen molar-refractivity contribution in [3.8, 4) is 67.5 Å². The Morgan fingerprint density at radius 2 is 0.755 bits per heavy atom. The van der Waals surface area contributed by atoms with E-state index in [1.165, 1.54) is 31.3 Å². The Morgan fingerprint density at radius 3 is 1.33 bits per heavy atom. The van der Waals surface area contributed by atoms with E-state index in [-0.39, 0.29) is 0 Å². The zero-order chi connectivity index (χ0) is 32.6. The van der Waals surface area contributed by atoms with E-state index < -0.39 is 0 Å². The molecule has 230 valence electrons. The first-order valence-corrected chi connectivity index (χ1v) is 17.2. The third-order valence-corrected chi connectivity index (χ3v) is 10.0. The molecule has 0 bridgehead atoms. The van der Waals surface area contributed by atoms with Gasteiger partial charge in [-0.05, 0) is 63.7 Å². The van der Waals surface area contributed by atoms with Crippen LogP contribution in [-0.2, 0) is 0 Å². The monoisotopic (exact) mass is 643 g/mol. The van der Waals surface area contributed by atoms with Gasteiger partial charge in [0.1, 0.15) is 0 Å². The average molecular weight is 644 g/mol. The van der Waals surface area contributed by atoms with Crippen LogP contribution >= 0.6 is 11.3 Å². The van der Waals surface area contributed by atoms with E-state index in [0.29, 0.717) is 17.5 Å². The van der Waals surface area contributed by atoms with E-state index in [2.05, 4.69) is 164 Å². The largest absolute Gasteiger partial charge is 0.208 e. The summed E-state index contributed by atoms with van der Waals surface area (Å²) >= 11 is 1.81. The van der Waals surface area contributed by atoms with Crippen molar-refractivity contribution in [2.45, 2.75) is 0 Å². The smallest absolute Gasteiger partial charge is 0.164 e. The van der Waals surface area contributed by atoms with Crippen molar-refractivity contribution in [3.63, 3.8) is 0 Å². The molecular weight excluding hydrogens is 615 g/mol. The van der Waals surface area contributed by atoms with E-state index in [4.69, 9.17) is 15.0 Å². The molecule has 0 aliphatic carbocycles. The minimum absolute atomic E-state index is 0.639. The first kappa shape index (κ1) is 29.0. The lowest BCUT2D eigenvalue weighted by Gasteiger charge is -2.12. The van der Waals surface area contributed by atoms with Crippen LogP contribution in [-0.4, -0.2) is 15.0 Å². The highest BCUT2D eigenvalue weighted by molar-refractivity contribution is 7.26. The molecule has 0 saturated carbocycles. The molecule has 0 radical (unpaired) electrons. The fourth-order valence-electron chi connectivity index (χ4n) is 6.53. The average Bonchev–Trinajstić information content (AvgIpc) is 3.57. The van der Waals surface area contributed by atoms with Crippen molar-refractivity contribution >= 4 is 31.5 Å². The molecule has 0 fully saturated rings. The van der Waals surface area contributed by atoms with Crippen LogP contribution in [0.1, 0.15) is 0 Å². The molecule has 0 N–H and O–H groups in total. The summed E-state index contributed by atoms with van der Waals surface area (Å²) in [5.74, 6) is 1.92. The van der Waals surface area contributed by atoms with Crippen LogP contribution in [0.4, 0.5) is 0 Å². The Morgan fingerprint density at radius 1 is 0.306 bits per heavy atom. The molecule has 0 aliphatic rings. The van der Waals surface area contributed by atoms with Gasteiger partial charge in [-0.25, -0.2) is 15.0 Å².